The van der Waals surface area contributed by atoms with E-state index in [-0.39, 0.29) is 11.6 Å². The fourth-order valence-corrected chi connectivity index (χ4v) is 2.22. The number of rotatable bonds is 2. The summed E-state index contributed by atoms with van der Waals surface area (Å²) in [6.07, 6.45) is 0.795. The van der Waals surface area contributed by atoms with Crippen molar-refractivity contribution in [3.63, 3.8) is 0 Å². The number of ether oxygens (including phenoxy) is 1. The summed E-state index contributed by atoms with van der Waals surface area (Å²) >= 11 is 0. The number of halogens is 1. The van der Waals surface area contributed by atoms with Crippen LogP contribution in [0.25, 0.3) is 0 Å². The average molecular weight is 272 g/mol. The highest BCUT2D eigenvalue weighted by Crippen LogP contribution is 2.26. The first-order valence-electron chi connectivity index (χ1n) is 6.25. The lowest BCUT2D eigenvalue weighted by atomic mass is 10.1. The first-order chi connectivity index (χ1) is 9.61. The molecule has 5 heteroatoms. The molecule has 1 heterocycles. The molecule has 1 aliphatic rings. The number of hydrogen-bond acceptors (Lipinski definition) is 3. The third-order valence-corrected chi connectivity index (χ3v) is 3.13. The molecule has 0 spiro atoms. The van der Waals surface area contributed by atoms with Crippen LogP contribution in [0.3, 0.4) is 0 Å². The summed E-state index contributed by atoms with van der Waals surface area (Å²) < 4.78 is 18.6. The Balaban J connectivity index is 1.82. The summed E-state index contributed by atoms with van der Waals surface area (Å²) in [4.78, 5) is 12.1. The fraction of sp³-hybridized carbons (Fsp3) is 0.133. The van der Waals surface area contributed by atoms with Gasteiger partial charge in [-0.25, -0.2) is 4.39 Å². The van der Waals surface area contributed by atoms with Gasteiger partial charge in [0.2, 0.25) is 0 Å². The normalized spacial score (nSPS) is 12.7. The summed E-state index contributed by atoms with van der Waals surface area (Å²) in [7, 11) is 0. The average Bonchev–Trinajstić information content (AvgIpc) is 2.84. The summed E-state index contributed by atoms with van der Waals surface area (Å²) in [6.45, 7) is 0.640. The van der Waals surface area contributed by atoms with Crippen LogP contribution in [0.2, 0.25) is 0 Å². The topological polar surface area (TPSA) is 64.3 Å². The van der Waals surface area contributed by atoms with E-state index in [1.165, 1.54) is 18.2 Å². The van der Waals surface area contributed by atoms with Crippen LogP contribution in [0.1, 0.15) is 15.9 Å². The number of nitrogen functional groups attached to an aromatic ring is 1. The molecule has 0 saturated carbocycles. The zero-order chi connectivity index (χ0) is 14.1. The van der Waals surface area contributed by atoms with Gasteiger partial charge in [0, 0.05) is 23.4 Å². The first kappa shape index (κ1) is 12.5. The molecule has 20 heavy (non-hydrogen) atoms. The Labute approximate surface area is 115 Å². The third kappa shape index (κ3) is 2.42. The van der Waals surface area contributed by atoms with Crippen LogP contribution in [0.5, 0.6) is 5.75 Å². The van der Waals surface area contributed by atoms with E-state index in [1.54, 1.807) is 18.2 Å². The standard InChI is InChI=1S/C15H13FN2O2/c16-11-6-12(17)8-13(7-11)18-15(19)10-1-2-14-9(5-10)3-4-20-14/h1-2,5-8H,3-4,17H2,(H,18,19). The van der Waals surface area contributed by atoms with E-state index in [0.29, 0.717) is 17.9 Å². The van der Waals surface area contributed by atoms with Gasteiger partial charge in [0.1, 0.15) is 11.6 Å². The third-order valence-electron chi connectivity index (χ3n) is 3.13. The minimum absolute atomic E-state index is 0.266. The molecule has 0 saturated heterocycles. The molecule has 0 aliphatic carbocycles. The van der Waals surface area contributed by atoms with E-state index in [2.05, 4.69) is 5.32 Å². The second-order valence-electron chi connectivity index (χ2n) is 4.65. The van der Waals surface area contributed by atoms with Gasteiger partial charge < -0.3 is 15.8 Å². The van der Waals surface area contributed by atoms with E-state index in [9.17, 15) is 9.18 Å². The fourth-order valence-electron chi connectivity index (χ4n) is 2.22. The highest BCUT2D eigenvalue weighted by Gasteiger charge is 2.15. The number of hydrogen-bond donors (Lipinski definition) is 2. The molecule has 0 unspecified atom stereocenters. The van der Waals surface area contributed by atoms with Crippen molar-refractivity contribution in [3.8, 4) is 5.75 Å². The Morgan fingerprint density at radius 2 is 2.10 bits per heavy atom. The predicted molar refractivity (Wildman–Crippen MR) is 74.4 cm³/mol. The summed E-state index contributed by atoms with van der Waals surface area (Å²) in [5, 5.41) is 2.63. The van der Waals surface area contributed by atoms with E-state index in [1.807, 2.05) is 0 Å². The van der Waals surface area contributed by atoms with Crippen molar-refractivity contribution in [1.29, 1.82) is 0 Å². The number of fused-ring (bicyclic) bond motifs is 1. The van der Waals surface area contributed by atoms with Gasteiger partial charge in [0.25, 0.3) is 5.91 Å². The molecule has 0 atom stereocenters. The number of carbonyl (C=O) groups excluding carboxylic acids is 1. The van der Waals surface area contributed by atoms with Crippen LogP contribution in [-0.4, -0.2) is 12.5 Å². The minimum Gasteiger partial charge on any atom is -0.493 e. The molecule has 102 valence electrons. The maximum absolute atomic E-state index is 13.2. The maximum atomic E-state index is 13.2. The Bertz CT molecular complexity index is 665. The number of anilines is 2. The molecule has 1 amide bonds. The van der Waals surface area contributed by atoms with E-state index >= 15 is 0 Å². The van der Waals surface area contributed by atoms with Crippen molar-refractivity contribution in [2.24, 2.45) is 0 Å². The van der Waals surface area contributed by atoms with Gasteiger partial charge in [-0.15, -0.1) is 0 Å². The molecular formula is C15H13FN2O2. The van der Waals surface area contributed by atoms with Crippen LogP contribution >= 0.6 is 0 Å². The zero-order valence-corrected chi connectivity index (χ0v) is 10.7. The van der Waals surface area contributed by atoms with E-state index < -0.39 is 5.82 Å². The van der Waals surface area contributed by atoms with Crippen molar-refractivity contribution in [2.75, 3.05) is 17.7 Å². The molecule has 0 aromatic heterocycles. The van der Waals surface area contributed by atoms with Gasteiger partial charge in [-0.2, -0.15) is 0 Å². The summed E-state index contributed by atoms with van der Waals surface area (Å²) in [5.74, 6) is 0.0314. The lowest BCUT2D eigenvalue weighted by Gasteiger charge is -2.07. The lowest BCUT2D eigenvalue weighted by Crippen LogP contribution is -2.12. The van der Waals surface area contributed by atoms with Crippen molar-refractivity contribution in [2.45, 2.75) is 6.42 Å². The summed E-state index contributed by atoms with van der Waals surface area (Å²) in [5.41, 5.74) is 7.67. The molecule has 3 N–H and O–H groups in total. The Kier molecular flexibility index (Phi) is 3.02. The van der Waals surface area contributed by atoms with Gasteiger partial charge in [-0.1, -0.05) is 0 Å². The molecule has 2 aromatic rings. The zero-order valence-electron chi connectivity index (χ0n) is 10.7. The molecular weight excluding hydrogens is 259 g/mol. The number of carbonyl (C=O) groups is 1. The lowest BCUT2D eigenvalue weighted by molar-refractivity contribution is 0.102. The number of nitrogens with two attached hydrogens (primary N) is 1. The first-order valence-corrected chi connectivity index (χ1v) is 6.25. The number of amides is 1. The molecule has 0 bridgehead atoms. The van der Waals surface area contributed by atoms with Gasteiger partial charge in [-0.3, -0.25) is 4.79 Å². The molecule has 0 radical (unpaired) electrons. The van der Waals surface area contributed by atoms with Gasteiger partial charge in [-0.05, 0) is 42.0 Å². The maximum Gasteiger partial charge on any atom is 0.255 e. The van der Waals surface area contributed by atoms with Crippen LogP contribution in [-0.2, 0) is 6.42 Å². The van der Waals surface area contributed by atoms with Crippen molar-refractivity contribution in [3.05, 3.63) is 53.3 Å². The molecule has 0 fully saturated rings. The highest BCUT2D eigenvalue weighted by atomic mass is 19.1. The Hall–Kier alpha value is -2.56. The molecule has 1 aliphatic heterocycles. The second kappa shape index (κ2) is 4.85. The second-order valence-corrected chi connectivity index (χ2v) is 4.65. The molecule has 3 rings (SSSR count). The van der Waals surface area contributed by atoms with Gasteiger partial charge in [0.15, 0.2) is 0 Å². The van der Waals surface area contributed by atoms with Crippen LogP contribution in [0.15, 0.2) is 36.4 Å². The molecule has 4 nitrogen and oxygen atoms in total. The SMILES string of the molecule is Nc1cc(F)cc(NC(=O)c2ccc3c(c2)CCO3)c1. The van der Waals surface area contributed by atoms with Gasteiger partial charge >= 0.3 is 0 Å². The monoisotopic (exact) mass is 272 g/mol. The van der Waals surface area contributed by atoms with Crippen LogP contribution < -0.4 is 15.8 Å². The van der Waals surface area contributed by atoms with Crippen LogP contribution in [0.4, 0.5) is 15.8 Å². The minimum atomic E-state index is -0.484. The Morgan fingerprint density at radius 1 is 1.25 bits per heavy atom. The highest BCUT2D eigenvalue weighted by molar-refractivity contribution is 6.04. The largest absolute Gasteiger partial charge is 0.493 e. The van der Waals surface area contributed by atoms with Crippen molar-refractivity contribution >= 4 is 17.3 Å². The molecule has 2 aromatic carbocycles. The predicted octanol–water partition coefficient (Wildman–Crippen LogP) is 2.60. The van der Waals surface area contributed by atoms with E-state index in [4.69, 9.17) is 10.5 Å². The van der Waals surface area contributed by atoms with Gasteiger partial charge in [0.05, 0.1) is 6.61 Å². The van der Waals surface area contributed by atoms with Crippen LogP contribution in [0, 0.1) is 5.82 Å². The summed E-state index contributed by atoms with van der Waals surface area (Å²) in [6, 6.07) is 9.18. The number of nitrogens with one attached hydrogen (secondary N) is 1. The van der Waals surface area contributed by atoms with Crippen molar-refractivity contribution in [1.82, 2.24) is 0 Å². The van der Waals surface area contributed by atoms with Crippen molar-refractivity contribution < 1.29 is 13.9 Å². The quantitative estimate of drug-likeness (QED) is 0.826. The van der Waals surface area contributed by atoms with E-state index in [0.717, 1.165) is 17.7 Å². The Morgan fingerprint density at radius 3 is 2.90 bits per heavy atom. The number of benzene rings is 2. The smallest absolute Gasteiger partial charge is 0.255 e.